The van der Waals surface area contributed by atoms with Gasteiger partial charge >= 0.3 is 0 Å². The van der Waals surface area contributed by atoms with Crippen molar-refractivity contribution >= 4 is 22.2 Å². The molecule has 0 bridgehead atoms. The van der Waals surface area contributed by atoms with Crippen LogP contribution in [0.15, 0.2) is 71.7 Å². The van der Waals surface area contributed by atoms with Gasteiger partial charge in [-0.15, -0.1) is 0 Å². The molecule has 4 aromatic rings. The summed E-state index contributed by atoms with van der Waals surface area (Å²) in [5.41, 5.74) is 5.91. The second-order valence-corrected chi connectivity index (χ2v) is 7.30. The molecule has 0 aliphatic carbocycles. The Balaban J connectivity index is 1.58. The number of nitrogens with zero attached hydrogens (tertiary/aromatic N) is 2. The van der Waals surface area contributed by atoms with E-state index in [9.17, 15) is 0 Å². The van der Waals surface area contributed by atoms with Crippen molar-refractivity contribution in [3.05, 3.63) is 94.1 Å². The van der Waals surface area contributed by atoms with E-state index in [-0.39, 0.29) is 6.04 Å². The Hall–Kier alpha value is -2.56. The first-order valence-electron chi connectivity index (χ1n) is 8.79. The maximum Gasteiger partial charge on any atom is 0.0705 e. The van der Waals surface area contributed by atoms with E-state index in [0.29, 0.717) is 0 Å². The van der Waals surface area contributed by atoms with E-state index < -0.39 is 0 Å². The van der Waals surface area contributed by atoms with Crippen LogP contribution in [0.25, 0.3) is 10.9 Å². The Kier molecular flexibility index (Phi) is 5.04. The third-order valence-electron chi connectivity index (χ3n) is 4.59. The van der Waals surface area contributed by atoms with Crippen molar-refractivity contribution < 1.29 is 0 Å². The van der Waals surface area contributed by atoms with Gasteiger partial charge in [-0.05, 0) is 65.1 Å². The standard InChI is InChI=1S/C22H21N3S/c1-16-7-8-21(24-13-16)22(12-17-9-11-26-15-17)25-14-18-4-2-6-20-19(18)5-3-10-23-20/h2-11,13,15,22,25H,12,14H2,1H3. The minimum atomic E-state index is 0.178. The Morgan fingerprint density at radius 2 is 2.00 bits per heavy atom. The second kappa shape index (κ2) is 7.77. The Bertz CT molecular complexity index is 973. The van der Waals surface area contributed by atoms with Crippen molar-refractivity contribution in [2.75, 3.05) is 0 Å². The molecule has 0 saturated carbocycles. The Labute approximate surface area is 157 Å². The number of aryl methyl sites for hydroxylation is 1. The van der Waals surface area contributed by atoms with Gasteiger partial charge in [0.25, 0.3) is 0 Å². The van der Waals surface area contributed by atoms with E-state index in [0.717, 1.165) is 24.2 Å². The number of aromatic nitrogens is 2. The summed E-state index contributed by atoms with van der Waals surface area (Å²) in [5, 5.41) is 9.26. The topological polar surface area (TPSA) is 37.8 Å². The van der Waals surface area contributed by atoms with Crippen LogP contribution in [0.2, 0.25) is 0 Å². The van der Waals surface area contributed by atoms with Crippen LogP contribution >= 0.6 is 11.3 Å². The molecule has 1 N–H and O–H groups in total. The lowest BCUT2D eigenvalue weighted by atomic mass is 10.0. The van der Waals surface area contributed by atoms with Crippen molar-refractivity contribution in [1.29, 1.82) is 0 Å². The highest BCUT2D eigenvalue weighted by Gasteiger charge is 2.14. The first-order chi connectivity index (χ1) is 12.8. The zero-order valence-electron chi connectivity index (χ0n) is 14.7. The molecule has 1 aromatic carbocycles. The first-order valence-corrected chi connectivity index (χ1v) is 9.73. The summed E-state index contributed by atoms with van der Waals surface area (Å²) < 4.78 is 0. The third-order valence-corrected chi connectivity index (χ3v) is 5.32. The number of hydrogen-bond donors (Lipinski definition) is 1. The van der Waals surface area contributed by atoms with Gasteiger partial charge in [0.05, 0.1) is 17.3 Å². The van der Waals surface area contributed by atoms with Gasteiger partial charge in [-0.2, -0.15) is 11.3 Å². The predicted molar refractivity (Wildman–Crippen MR) is 108 cm³/mol. The molecule has 0 aliphatic heterocycles. The monoisotopic (exact) mass is 359 g/mol. The molecule has 1 atom stereocenters. The summed E-state index contributed by atoms with van der Waals surface area (Å²) in [5.74, 6) is 0. The lowest BCUT2D eigenvalue weighted by molar-refractivity contribution is 0.520. The smallest absolute Gasteiger partial charge is 0.0705 e. The average molecular weight is 359 g/mol. The van der Waals surface area contributed by atoms with E-state index in [1.165, 1.54) is 22.1 Å². The fourth-order valence-electron chi connectivity index (χ4n) is 3.17. The molecule has 0 aliphatic rings. The summed E-state index contributed by atoms with van der Waals surface area (Å²) in [6.07, 6.45) is 4.72. The molecule has 3 aromatic heterocycles. The molecule has 26 heavy (non-hydrogen) atoms. The number of rotatable bonds is 6. The normalized spacial score (nSPS) is 12.3. The predicted octanol–water partition coefficient (Wildman–Crippen LogP) is 5.07. The summed E-state index contributed by atoms with van der Waals surface area (Å²) in [4.78, 5) is 9.12. The minimum Gasteiger partial charge on any atom is -0.304 e. The largest absolute Gasteiger partial charge is 0.304 e. The third kappa shape index (κ3) is 3.82. The molecular formula is C22H21N3S. The van der Waals surface area contributed by atoms with Crippen LogP contribution in [0, 0.1) is 6.92 Å². The maximum absolute atomic E-state index is 4.66. The van der Waals surface area contributed by atoms with Crippen LogP contribution in [-0.4, -0.2) is 9.97 Å². The quantitative estimate of drug-likeness (QED) is 0.522. The second-order valence-electron chi connectivity index (χ2n) is 6.52. The van der Waals surface area contributed by atoms with Gasteiger partial charge in [0.15, 0.2) is 0 Å². The molecule has 0 fully saturated rings. The molecule has 130 valence electrons. The maximum atomic E-state index is 4.66. The molecular weight excluding hydrogens is 338 g/mol. The van der Waals surface area contributed by atoms with Crippen LogP contribution in [0.1, 0.15) is 28.4 Å². The van der Waals surface area contributed by atoms with E-state index in [1.807, 2.05) is 18.5 Å². The fourth-order valence-corrected chi connectivity index (χ4v) is 3.85. The number of nitrogens with one attached hydrogen (secondary N) is 1. The van der Waals surface area contributed by atoms with Gasteiger partial charge in [0.2, 0.25) is 0 Å². The lowest BCUT2D eigenvalue weighted by Gasteiger charge is -2.19. The molecule has 4 rings (SSSR count). The Morgan fingerprint density at radius 1 is 1.04 bits per heavy atom. The number of pyridine rings is 2. The molecule has 3 nitrogen and oxygen atoms in total. The van der Waals surface area contributed by atoms with Gasteiger partial charge in [0, 0.05) is 24.3 Å². The van der Waals surface area contributed by atoms with Crippen molar-refractivity contribution in [2.45, 2.75) is 25.9 Å². The lowest BCUT2D eigenvalue weighted by Crippen LogP contribution is -2.24. The average Bonchev–Trinajstić information content (AvgIpc) is 3.19. The molecule has 1 unspecified atom stereocenters. The zero-order valence-corrected chi connectivity index (χ0v) is 15.5. The van der Waals surface area contributed by atoms with Gasteiger partial charge in [-0.25, -0.2) is 0 Å². The van der Waals surface area contributed by atoms with Gasteiger partial charge in [0.1, 0.15) is 0 Å². The number of hydrogen-bond acceptors (Lipinski definition) is 4. The first kappa shape index (κ1) is 16.9. The molecule has 3 heterocycles. The highest BCUT2D eigenvalue weighted by molar-refractivity contribution is 7.07. The Morgan fingerprint density at radius 3 is 2.81 bits per heavy atom. The SMILES string of the molecule is Cc1ccc(C(Cc2ccsc2)NCc2cccc3ncccc23)nc1. The van der Waals surface area contributed by atoms with Crippen LogP contribution < -0.4 is 5.32 Å². The van der Waals surface area contributed by atoms with E-state index >= 15 is 0 Å². The van der Waals surface area contributed by atoms with Gasteiger partial charge < -0.3 is 5.32 Å². The van der Waals surface area contributed by atoms with Crippen LogP contribution in [0.3, 0.4) is 0 Å². The van der Waals surface area contributed by atoms with E-state index in [1.54, 1.807) is 11.3 Å². The molecule has 0 spiro atoms. The van der Waals surface area contributed by atoms with Crippen molar-refractivity contribution in [3.63, 3.8) is 0 Å². The van der Waals surface area contributed by atoms with Gasteiger partial charge in [-0.1, -0.05) is 24.3 Å². The van der Waals surface area contributed by atoms with E-state index in [4.69, 9.17) is 0 Å². The molecule has 0 saturated heterocycles. The number of benzene rings is 1. The van der Waals surface area contributed by atoms with Gasteiger partial charge in [-0.3, -0.25) is 9.97 Å². The van der Waals surface area contributed by atoms with Crippen molar-refractivity contribution in [1.82, 2.24) is 15.3 Å². The molecule has 4 heteroatoms. The highest BCUT2D eigenvalue weighted by atomic mass is 32.1. The summed E-state index contributed by atoms with van der Waals surface area (Å²) in [7, 11) is 0. The van der Waals surface area contributed by atoms with Crippen molar-refractivity contribution in [3.8, 4) is 0 Å². The zero-order chi connectivity index (χ0) is 17.8. The highest BCUT2D eigenvalue weighted by Crippen LogP contribution is 2.21. The van der Waals surface area contributed by atoms with Crippen LogP contribution in [0.5, 0.6) is 0 Å². The summed E-state index contributed by atoms with van der Waals surface area (Å²) in [6.45, 7) is 2.86. The van der Waals surface area contributed by atoms with Crippen molar-refractivity contribution in [2.24, 2.45) is 0 Å². The summed E-state index contributed by atoms with van der Waals surface area (Å²) in [6, 6.07) is 17.1. The summed E-state index contributed by atoms with van der Waals surface area (Å²) >= 11 is 1.74. The van der Waals surface area contributed by atoms with Crippen LogP contribution in [-0.2, 0) is 13.0 Å². The molecule has 0 radical (unpaired) electrons. The van der Waals surface area contributed by atoms with Crippen LogP contribution in [0.4, 0.5) is 0 Å². The van der Waals surface area contributed by atoms with E-state index in [2.05, 4.69) is 75.4 Å². The number of thiophene rings is 1. The minimum absolute atomic E-state index is 0.178. The molecule has 0 amide bonds. The fraction of sp³-hybridized carbons (Fsp3) is 0.182. The number of fused-ring (bicyclic) bond motifs is 1.